The molecule has 0 unspecified atom stereocenters. The third-order valence-corrected chi connectivity index (χ3v) is 3.29. The SMILES string of the molecule is BP=S(C)C. The molecule has 0 radical (unpaired) electrons. The first-order chi connectivity index (χ1) is 2.27. The van der Waals surface area contributed by atoms with Crippen molar-refractivity contribution in [2.75, 3.05) is 12.5 Å². The first kappa shape index (κ1) is 5.71. The normalized spacial score (nSPS) is 10.2. The molecular weight excluding hydrogens is 97.9 g/mol. The van der Waals surface area contributed by atoms with Crippen LogP contribution in [0.3, 0.4) is 0 Å². The maximum atomic E-state index is 2.24. The molecule has 3 heteroatoms. The van der Waals surface area contributed by atoms with Crippen molar-refractivity contribution in [1.82, 2.24) is 0 Å². The van der Waals surface area contributed by atoms with Gasteiger partial charge in [-0.2, -0.15) is 10.1 Å². The van der Waals surface area contributed by atoms with Gasteiger partial charge in [0, 0.05) is 0 Å². The Bertz CT molecular complexity index is 47.6. The molecule has 0 rings (SSSR count). The Hall–Kier alpha value is 0.715. The molecule has 0 saturated heterocycles. The Morgan fingerprint density at radius 2 is 1.80 bits per heavy atom. The van der Waals surface area contributed by atoms with Crippen molar-refractivity contribution in [2.24, 2.45) is 0 Å². The standard InChI is InChI=1S/C2H8BPS/c1-5(2)4-3/h3H2,1-2H3. The quantitative estimate of drug-likeness (QED) is 0.307. The topological polar surface area (TPSA) is 0 Å². The lowest BCUT2D eigenvalue weighted by Crippen LogP contribution is -1.66. The van der Waals surface area contributed by atoms with Crippen LogP contribution >= 0.6 is 7.23 Å². The summed E-state index contributed by atoms with van der Waals surface area (Å²) < 4.78 is 0. The van der Waals surface area contributed by atoms with Crippen LogP contribution in [-0.4, -0.2) is 20.1 Å². The van der Waals surface area contributed by atoms with Gasteiger partial charge >= 0.3 is 0 Å². The van der Waals surface area contributed by atoms with E-state index >= 15 is 0 Å². The first-order valence-electron chi connectivity index (χ1n) is 1.45. The fourth-order valence-corrected chi connectivity index (χ4v) is 0. The van der Waals surface area contributed by atoms with Crippen molar-refractivity contribution in [3.05, 3.63) is 0 Å². The molecule has 0 spiro atoms. The van der Waals surface area contributed by atoms with Gasteiger partial charge in [-0.05, 0) is 12.5 Å². The predicted octanol–water partition coefficient (Wildman–Crippen LogP) is 0.274. The largest absolute Gasteiger partial charge is 0.179 e. The van der Waals surface area contributed by atoms with E-state index in [1.807, 2.05) is 0 Å². The highest BCUT2D eigenvalue weighted by Gasteiger charge is 1.58. The molecule has 5 heavy (non-hydrogen) atoms. The van der Waals surface area contributed by atoms with Gasteiger partial charge in [-0.3, -0.25) is 0 Å². The maximum Gasteiger partial charge on any atom is 0.174 e. The number of rotatable bonds is 0. The zero-order valence-corrected chi connectivity index (χ0v) is 5.57. The van der Waals surface area contributed by atoms with Crippen molar-refractivity contribution >= 4 is 24.9 Å². The van der Waals surface area contributed by atoms with E-state index in [2.05, 4.69) is 20.1 Å². The van der Waals surface area contributed by atoms with Gasteiger partial charge in [-0.1, -0.05) is 0 Å². The van der Waals surface area contributed by atoms with Crippen LogP contribution in [0.5, 0.6) is 0 Å². The summed E-state index contributed by atoms with van der Waals surface area (Å²) in [5.41, 5.74) is 0. The number of hydrogen-bond donors (Lipinski definition) is 0. The zero-order chi connectivity index (χ0) is 4.28. The summed E-state index contributed by atoms with van der Waals surface area (Å²) in [6.07, 6.45) is 4.48. The van der Waals surface area contributed by atoms with Gasteiger partial charge in [-0.15, -0.1) is 7.23 Å². The molecule has 0 amide bonds. The van der Waals surface area contributed by atoms with Crippen molar-refractivity contribution in [2.45, 2.75) is 0 Å². The van der Waals surface area contributed by atoms with Gasteiger partial charge in [-0.25, -0.2) is 0 Å². The van der Waals surface area contributed by atoms with Gasteiger partial charge in [0.05, 0.1) is 0 Å². The molecule has 0 aliphatic carbocycles. The molecule has 0 aliphatic heterocycles. The molecule has 0 aromatic heterocycles. The molecule has 0 aliphatic rings. The highest BCUT2D eigenvalue weighted by molar-refractivity contribution is 8.26. The van der Waals surface area contributed by atoms with Gasteiger partial charge in [0.1, 0.15) is 0 Å². The lowest BCUT2D eigenvalue weighted by Gasteiger charge is -1.77. The summed E-state index contributed by atoms with van der Waals surface area (Å²) >= 11 is 0. The highest BCUT2D eigenvalue weighted by Crippen LogP contribution is 1.86. The zero-order valence-electron chi connectivity index (χ0n) is 3.86. The maximum absolute atomic E-state index is 2.24. The van der Waals surface area contributed by atoms with E-state index < -0.39 is 0 Å². The summed E-state index contributed by atoms with van der Waals surface area (Å²) in [7, 11) is 4.36. The summed E-state index contributed by atoms with van der Waals surface area (Å²) in [6.45, 7) is 0. The van der Waals surface area contributed by atoms with E-state index in [4.69, 9.17) is 0 Å². The minimum atomic E-state index is 0.650. The van der Waals surface area contributed by atoms with Crippen molar-refractivity contribution in [3.8, 4) is 0 Å². The fraction of sp³-hybridized carbons (Fsp3) is 1.00. The molecule has 30 valence electrons. The summed E-state index contributed by atoms with van der Waals surface area (Å²) in [4.78, 5) is 0. The van der Waals surface area contributed by atoms with E-state index in [0.717, 1.165) is 0 Å². The van der Waals surface area contributed by atoms with Gasteiger partial charge < -0.3 is 0 Å². The molecular formula is C2H8BPS. The van der Waals surface area contributed by atoms with Crippen molar-refractivity contribution in [3.63, 3.8) is 0 Å². The van der Waals surface area contributed by atoms with E-state index in [0.29, 0.717) is 10.1 Å². The van der Waals surface area contributed by atoms with Gasteiger partial charge in [0.25, 0.3) is 0 Å². The Morgan fingerprint density at radius 3 is 1.80 bits per heavy atom. The molecule has 0 atom stereocenters. The molecule has 0 fully saturated rings. The minimum Gasteiger partial charge on any atom is -0.179 e. The van der Waals surface area contributed by atoms with Crippen LogP contribution in [0.25, 0.3) is 0 Å². The van der Waals surface area contributed by atoms with Gasteiger partial charge in [0.2, 0.25) is 0 Å². The minimum absolute atomic E-state index is 0.650. The monoisotopic (exact) mass is 106 g/mol. The van der Waals surface area contributed by atoms with Crippen LogP contribution in [-0.2, 0) is 10.1 Å². The van der Waals surface area contributed by atoms with Gasteiger partial charge in [0.15, 0.2) is 7.57 Å². The van der Waals surface area contributed by atoms with Crippen LogP contribution in [0.1, 0.15) is 0 Å². The molecule has 0 nitrogen and oxygen atoms in total. The summed E-state index contributed by atoms with van der Waals surface area (Å²) in [5, 5.41) is 0. The second-order valence-corrected chi connectivity index (χ2v) is 6.15. The Morgan fingerprint density at radius 1 is 1.60 bits per heavy atom. The molecule has 0 heterocycles. The van der Waals surface area contributed by atoms with E-state index in [9.17, 15) is 0 Å². The summed E-state index contributed by atoms with van der Waals surface area (Å²) in [6, 6.07) is 0. The van der Waals surface area contributed by atoms with E-state index in [-0.39, 0.29) is 0 Å². The molecule has 0 N–H and O–H groups in total. The highest BCUT2D eigenvalue weighted by atomic mass is 32.5. The average Bonchev–Trinajstić information content (AvgIpc) is 1.38. The Labute approximate surface area is 38.1 Å². The molecule has 0 saturated carbocycles. The van der Waals surface area contributed by atoms with E-state index in [1.54, 1.807) is 0 Å². The van der Waals surface area contributed by atoms with Crippen LogP contribution in [0, 0.1) is 0 Å². The molecule has 0 aromatic rings. The van der Waals surface area contributed by atoms with E-state index in [1.165, 1.54) is 7.23 Å². The Kier molecular flexibility index (Phi) is 3.35. The van der Waals surface area contributed by atoms with Crippen molar-refractivity contribution in [1.29, 1.82) is 0 Å². The molecule has 0 aromatic carbocycles. The lowest BCUT2D eigenvalue weighted by atomic mass is 10.8. The molecule has 0 bridgehead atoms. The average molecular weight is 106 g/mol. The van der Waals surface area contributed by atoms with Crippen LogP contribution in [0.4, 0.5) is 0 Å². The Balaban J connectivity index is 3.14. The second-order valence-electron chi connectivity index (χ2n) is 0.956. The van der Waals surface area contributed by atoms with Crippen LogP contribution < -0.4 is 0 Å². The lowest BCUT2D eigenvalue weighted by molar-refractivity contribution is 2.35. The first-order valence-corrected chi connectivity index (χ1v) is 5.43. The fourth-order valence-electron chi connectivity index (χ4n) is 0. The third kappa shape index (κ3) is 4.71. The second kappa shape index (κ2) is 2.93. The predicted molar refractivity (Wildman–Crippen MR) is 34.7 cm³/mol. The van der Waals surface area contributed by atoms with Crippen LogP contribution in [0.2, 0.25) is 0 Å². The number of hydrogen-bond acceptors (Lipinski definition) is 0. The summed E-state index contributed by atoms with van der Waals surface area (Å²) in [5.74, 6) is 0. The van der Waals surface area contributed by atoms with Crippen molar-refractivity contribution < 1.29 is 0 Å². The third-order valence-electron chi connectivity index (χ3n) is 0.365. The smallest absolute Gasteiger partial charge is 0.174 e. The van der Waals surface area contributed by atoms with Crippen LogP contribution in [0.15, 0.2) is 0 Å².